The number of aliphatic hydroxyl groups is 1. The van der Waals surface area contributed by atoms with Crippen molar-refractivity contribution < 1.29 is 36.7 Å². The van der Waals surface area contributed by atoms with E-state index >= 15 is 0 Å². The second-order valence-electron chi connectivity index (χ2n) is 8.86. The van der Waals surface area contributed by atoms with E-state index in [1.165, 1.54) is 19.2 Å². The predicted octanol–water partition coefficient (Wildman–Crippen LogP) is 4.59. The lowest BCUT2D eigenvalue weighted by Crippen LogP contribution is -2.41. The Morgan fingerprint density at radius 2 is 1.73 bits per heavy atom. The van der Waals surface area contributed by atoms with Crippen molar-refractivity contribution in [3.8, 4) is 5.75 Å². The molecule has 0 aliphatic heterocycles. The Hall–Kier alpha value is -4.14. The van der Waals surface area contributed by atoms with Gasteiger partial charge >= 0.3 is 0 Å². The second kappa shape index (κ2) is 14.5. The molecular weight excluding hydrogens is 564 g/mol. The molecule has 1 N–H and O–H groups in total. The van der Waals surface area contributed by atoms with Gasteiger partial charge in [0.15, 0.2) is 4.90 Å². The van der Waals surface area contributed by atoms with Crippen molar-refractivity contribution in [1.82, 2.24) is 4.31 Å². The quantitative estimate of drug-likeness (QED) is 0.0886. The van der Waals surface area contributed by atoms with Gasteiger partial charge in [-0.2, -0.15) is 4.31 Å². The third-order valence-electron chi connectivity index (χ3n) is 6.03. The molecule has 3 rings (SSSR count). The Bertz CT molecular complexity index is 1470. The van der Waals surface area contributed by atoms with Gasteiger partial charge in [-0.3, -0.25) is 10.1 Å². The van der Waals surface area contributed by atoms with Gasteiger partial charge in [-0.1, -0.05) is 47.6 Å². The molecule has 0 saturated heterocycles. The molecular formula is C26H27F2N5O7S. The maximum atomic E-state index is 13.7. The molecule has 0 unspecified atom stereocenters. The number of hydrogen-bond acceptors (Lipinski definition) is 8. The van der Waals surface area contributed by atoms with E-state index in [-0.39, 0.29) is 25.3 Å². The number of rotatable bonds is 15. The number of azide groups is 1. The highest BCUT2D eigenvalue weighted by atomic mass is 32.2. The van der Waals surface area contributed by atoms with E-state index in [1.807, 2.05) is 0 Å². The second-order valence-corrected chi connectivity index (χ2v) is 10.8. The molecule has 0 bridgehead atoms. The van der Waals surface area contributed by atoms with Gasteiger partial charge in [0.2, 0.25) is 10.0 Å². The van der Waals surface area contributed by atoms with E-state index in [0.29, 0.717) is 11.6 Å². The first-order chi connectivity index (χ1) is 19.5. The average molecular weight is 592 g/mol. The van der Waals surface area contributed by atoms with Gasteiger partial charge in [0.05, 0.1) is 29.8 Å². The molecule has 0 aromatic heterocycles. The molecule has 41 heavy (non-hydrogen) atoms. The van der Waals surface area contributed by atoms with E-state index < -0.39 is 62.0 Å². The Morgan fingerprint density at radius 1 is 1.10 bits per heavy atom. The molecule has 218 valence electrons. The lowest BCUT2D eigenvalue weighted by Gasteiger charge is -2.29. The van der Waals surface area contributed by atoms with Gasteiger partial charge in [-0.05, 0) is 17.2 Å². The summed E-state index contributed by atoms with van der Waals surface area (Å²) in [5, 5.41) is 25.9. The van der Waals surface area contributed by atoms with Gasteiger partial charge in [0.1, 0.15) is 17.4 Å². The van der Waals surface area contributed by atoms with Crippen LogP contribution in [0.4, 0.5) is 14.5 Å². The molecule has 15 heteroatoms. The number of para-hydroxylation sites is 1. The van der Waals surface area contributed by atoms with Crippen molar-refractivity contribution in [2.45, 2.75) is 36.1 Å². The van der Waals surface area contributed by atoms with Gasteiger partial charge < -0.3 is 14.6 Å². The number of ether oxygens (including phenoxy) is 2. The van der Waals surface area contributed by atoms with Crippen molar-refractivity contribution in [1.29, 1.82) is 0 Å². The maximum Gasteiger partial charge on any atom is 0.289 e. The molecule has 3 aromatic carbocycles. The zero-order chi connectivity index (χ0) is 30.0. The molecule has 3 aromatic rings. The van der Waals surface area contributed by atoms with Crippen molar-refractivity contribution >= 4 is 15.7 Å². The number of methoxy groups -OCH3 is 1. The largest absolute Gasteiger partial charge is 0.493 e. The number of hydrogen-bond donors (Lipinski definition) is 1. The van der Waals surface area contributed by atoms with Crippen LogP contribution in [0.25, 0.3) is 10.4 Å². The smallest absolute Gasteiger partial charge is 0.289 e. The zero-order valence-corrected chi connectivity index (χ0v) is 22.6. The maximum absolute atomic E-state index is 13.7. The molecule has 0 aliphatic rings. The normalized spacial score (nSPS) is 13.7. The number of nitrogens with zero attached hydrogens (tertiary/aromatic N) is 5. The lowest BCUT2D eigenvalue weighted by atomic mass is 10.1. The monoisotopic (exact) mass is 591 g/mol. The number of halogens is 2. The van der Waals surface area contributed by atoms with Crippen LogP contribution in [0.1, 0.15) is 12.0 Å². The first-order valence-electron chi connectivity index (χ1n) is 12.2. The molecule has 12 nitrogen and oxygen atoms in total. The first kappa shape index (κ1) is 31.4. The van der Waals surface area contributed by atoms with Crippen LogP contribution in [-0.2, 0) is 21.3 Å². The summed E-state index contributed by atoms with van der Waals surface area (Å²) >= 11 is 0. The van der Waals surface area contributed by atoms with Crippen LogP contribution >= 0.6 is 0 Å². The summed E-state index contributed by atoms with van der Waals surface area (Å²) < 4.78 is 66.1. The van der Waals surface area contributed by atoms with Crippen LogP contribution in [-0.4, -0.2) is 61.3 Å². The van der Waals surface area contributed by atoms with Crippen LogP contribution in [0.3, 0.4) is 0 Å². The predicted molar refractivity (Wildman–Crippen MR) is 143 cm³/mol. The van der Waals surface area contributed by atoms with Crippen LogP contribution in [0.2, 0.25) is 0 Å². The van der Waals surface area contributed by atoms with Crippen molar-refractivity contribution in [2.24, 2.45) is 5.11 Å². The minimum absolute atomic E-state index is 0.167. The summed E-state index contributed by atoms with van der Waals surface area (Å²) in [5.74, 6) is -1.97. The number of benzene rings is 3. The highest BCUT2D eigenvalue weighted by molar-refractivity contribution is 7.89. The summed E-state index contributed by atoms with van der Waals surface area (Å²) in [6.45, 7) is -0.957. The van der Waals surface area contributed by atoms with Crippen molar-refractivity contribution in [3.05, 3.63) is 111 Å². The highest BCUT2D eigenvalue weighted by Crippen LogP contribution is 2.28. The van der Waals surface area contributed by atoms with Crippen LogP contribution in [0.15, 0.2) is 82.8 Å². The van der Waals surface area contributed by atoms with Gasteiger partial charge in [-0.15, -0.1) is 0 Å². The third-order valence-corrected chi connectivity index (χ3v) is 7.89. The summed E-state index contributed by atoms with van der Waals surface area (Å²) in [7, 11) is -3.17. The minimum Gasteiger partial charge on any atom is -0.493 e. The molecule has 0 heterocycles. The van der Waals surface area contributed by atoms with E-state index in [0.717, 1.165) is 28.6 Å². The lowest BCUT2D eigenvalue weighted by molar-refractivity contribution is -0.387. The van der Waals surface area contributed by atoms with Crippen LogP contribution < -0.4 is 4.74 Å². The zero-order valence-electron chi connectivity index (χ0n) is 21.8. The van der Waals surface area contributed by atoms with Gasteiger partial charge in [0, 0.05) is 55.8 Å². The Kier molecular flexibility index (Phi) is 11.1. The van der Waals surface area contributed by atoms with Crippen molar-refractivity contribution in [3.63, 3.8) is 0 Å². The summed E-state index contributed by atoms with van der Waals surface area (Å²) in [6.07, 6.45) is -2.66. The van der Waals surface area contributed by atoms with E-state index in [4.69, 9.17) is 15.0 Å². The molecule has 0 radical (unpaired) electrons. The number of nitro groups is 1. The standard InChI is InChI=1S/C26H27F2N5O7S/c1-39-22(14-25(34)23(30-31-29)17-40-21-12-19(27)11-20(28)13-21)16-32(15-18-7-3-2-4-8-18)41(37,38)26-10-6-5-9-24(26)33(35)36/h2-13,22-23,25,34H,14-17H2,1H3/t22-,23+,25+/m1/s1. The topological polar surface area (TPSA) is 168 Å². The fraction of sp³-hybridized carbons (Fsp3) is 0.308. The molecule has 0 spiro atoms. The average Bonchev–Trinajstić information content (AvgIpc) is 2.94. The van der Waals surface area contributed by atoms with E-state index in [9.17, 15) is 32.4 Å². The van der Waals surface area contributed by atoms with E-state index in [1.54, 1.807) is 30.3 Å². The third kappa shape index (κ3) is 8.67. The summed E-state index contributed by atoms with van der Waals surface area (Å²) in [6, 6.07) is 14.7. The highest BCUT2D eigenvalue weighted by Gasteiger charge is 2.34. The molecule has 0 fully saturated rings. The van der Waals surface area contributed by atoms with Crippen molar-refractivity contribution in [2.75, 3.05) is 20.3 Å². The fourth-order valence-electron chi connectivity index (χ4n) is 3.98. The molecule has 0 amide bonds. The molecule has 3 atom stereocenters. The minimum atomic E-state index is -4.45. The molecule has 0 aliphatic carbocycles. The summed E-state index contributed by atoms with van der Waals surface area (Å²) in [4.78, 5) is 13.0. The van der Waals surface area contributed by atoms with Crippen LogP contribution in [0, 0.1) is 21.7 Å². The molecule has 0 saturated carbocycles. The van der Waals surface area contributed by atoms with Gasteiger partial charge in [0.25, 0.3) is 5.69 Å². The Balaban J connectivity index is 1.84. The van der Waals surface area contributed by atoms with Gasteiger partial charge in [-0.25, -0.2) is 17.2 Å². The number of aliphatic hydroxyl groups excluding tert-OH is 1. The number of sulfonamides is 1. The van der Waals surface area contributed by atoms with E-state index in [2.05, 4.69) is 10.0 Å². The van der Waals surface area contributed by atoms with Crippen LogP contribution in [0.5, 0.6) is 5.75 Å². The number of nitro benzene ring substituents is 1. The summed E-state index contributed by atoms with van der Waals surface area (Å²) in [5.41, 5.74) is 8.96. The Labute approximate surface area is 234 Å². The Morgan fingerprint density at radius 3 is 2.34 bits per heavy atom. The SMILES string of the molecule is CO[C@H](C[C@H](O)[C@H](COc1cc(F)cc(F)c1)N=[N+]=[N-])CN(Cc1ccccc1)S(=O)(=O)c1ccccc1[N+](=O)[O-]. The fourth-order valence-corrected chi connectivity index (χ4v) is 5.60. The first-order valence-corrected chi connectivity index (χ1v) is 13.6.